The molecule has 1 aliphatic rings. The second-order valence-electron chi connectivity index (χ2n) is 6.00. The predicted molar refractivity (Wildman–Crippen MR) is 109 cm³/mol. The van der Waals surface area contributed by atoms with Crippen molar-refractivity contribution in [3.8, 4) is 0 Å². The number of nitrogens with zero attached hydrogens (tertiary/aromatic N) is 2. The van der Waals surface area contributed by atoms with Gasteiger partial charge in [0.1, 0.15) is 0 Å². The van der Waals surface area contributed by atoms with Crippen LogP contribution in [0.5, 0.6) is 0 Å². The van der Waals surface area contributed by atoms with Crippen molar-refractivity contribution in [2.45, 2.75) is 6.54 Å². The van der Waals surface area contributed by atoms with Gasteiger partial charge in [-0.25, -0.2) is 0 Å². The number of thioether (sulfide) groups is 1. The maximum absolute atomic E-state index is 12.6. The Balaban J connectivity index is 1.78. The summed E-state index contributed by atoms with van der Waals surface area (Å²) in [6.45, 7) is 0.165. The van der Waals surface area contributed by atoms with Crippen LogP contribution in [0.2, 0.25) is 10.0 Å². The summed E-state index contributed by atoms with van der Waals surface area (Å²) in [6, 6.07) is 12.8. The van der Waals surface area contributed by atoms with Crippen molar-refractivity contribution in [1.29, 1.82) is 0 Å². The van der Waals surface area contributed by atoms with E-state index < -0.39 is 0 Å². The lowest BCUT2D eigenvalue weighted by Crippen LogP contribution is -2.27. The summed E-state index contributed by atoms with van der Waals surface area (Å²) in [7, 11) is 3.92. The molecule has 0 N–H and O–H groups in total. The summed E-state index contributed by atoms with van der Waals surface area (Å²) in [5.74, 6) is -0.303. The van der Waals surface area contributed by atoms with E-state index in [0.29, 0.717) is 15.0 Å². The van der Waals surface area contributed by atoms with Crippen LogP contribution in [-0.4, -0.2) is 30.1 Å². The molecule has 7 heteroatoms. The van der Waals surface area contributed by atoms with Gasteiger partial charge in [0.15, 0.2) is 0 Å². The first-order valence-corrected chi connectivity index (χ1v) is 9.39. The van der Waals surface area contributed by atoms with Crippen molar-refractivity contribution >= 4 is 57.9 Å². The number of anilines is 1. The van der Waals surface area contributed by atoms with Gasteiger partial charge in [0.05, 0.1) is 21.5 Å². The Morgan fingerprint density at radius 2 is 1.73 bits per heavy atom. The van der Waals surface area contributed by atoms with E-state index in [9.17, 15) is 9.59 Å². The summed E-state index contributed by atoms with van der Waals surface area (Å²) < 4.78 is 0. The second kappa shape index (κ2) is 7.74. The molecule has 1 saturated heterocycles. The standard InChI is InChI=1S/C19H16Cl2N2O2S/c1-22(2)14-6-3-12(4-7-14)10-17-18(24)23(19(25)26-17)11-13-5-8-15(20)16(21)9-13/h3-10H,11H2,1-2H3/b17-10-. The van der Waals surface area contributed by atoms with Gasteiger partial charge in [0.2, 0.25) is 0 Å². The Morgan fingerprint density at radius 3 is 2.35 bits per heavy atom. The second-order valence-corrected chi connectivity index (χ2v) is 7.81. The van der Waals surface area contributed by atoms with Gasteiger partial charge in [0, 0.05) is 19.8 Å². The fourth-order valence-electron chi connectivity index (χ4n) is 2.48. The third-order valence-electron chi connectivity index (χ3n) is 3.91. The van der Waals surface area contributed by atoms with Gasteiger partial charge in [-0.3, -0.25) is 14.5 Å². The number of hydrogen-bond donors (Lipinski definition) is 0. The molecule has 3 rings (SSSR count). The Labute approximate surface area is 166 Å². The lowest BCUT2D eigenvalue weighted by molar-refractivity contribution is -0.123. The minimum absolute atomic E-state index is 0.165. The van der Waals surface area contributed by atoms with E-state index in [1.54, 1.807) is 24.3 Å². The number of carbonyl (C=O) groups excluding carboxylic acids is 2. The molecule has 0 unspecified atom stereocenters. The smallest absolute Gasteiger partial charge is 0.293 e. The normalized spacial score (nSPS) is 15.8. The molecule has 1 heterocycles. The van der Waals surface area contributed by atoms with Crippen molar-refractivity contribution in [3.63, 3.8) is 0 Å². The Kier molecular flexibility index (Phi) is 5.61. The van der Waals surface area contributed by atoms with E-state index in [2.05, 4.69) is 0 Å². The van der Waals surface area contributed by atoms with E-state index >= 15 is 0 Å². The molecule has 2 aromatic rings. The molecular weight excluding hydrogens is 391 g/mol. The fraction of sp³-hybridized carbons (Fsp3) is 0.158. The van der Waals surface area contributed by atoms with Crippen molar-refractivity contribution in [2.75, 3.05) is 19.0 Å². The molecule has 134 valence electrons. The van der Waals surface area contributed by atoms with Crippen LogP contribution in [0, 0.1) is 0 Å². The lowest BCUT2D eigenvalue weighted by atomic mass is 10.1. The summed E-state index contributed by atoms with van der Waals surface area (Å²) in [5.41, 5.74) is 2.68. The Hall–Kier alpha value is -1.95. The Morgan fingerprint density at radius 1 is 1.04 bits per heavy atom. The summed E-state index contributed by atoms with van der Waals surface area (Å²) in [5, 5.41) is 0.538. The average Bonchev–Trinajstić information content (AvgIpc) is 2.86. The van der Waals surface area contributed by atoms with E-state index in [1.807, 2.05) is 43.3 Å². The molecule has 0 aliphatic carbocycles. The maximum Gasteiger partial charge on any atom is 0.293 e. The van der Waals surface area contributed by atoms with E-state index in [4.69, 9.17) is 23.2 Å². The molecular formula is C19H16Cl2N2O2S. The zero-order chi connectivity index (χ0) is 18.8. The van der Waals surface area contributed by atoms with Crippen LogP contribution in [0.3, 0.4) is 0 Å². The van der Waals surface area contributed by atoms with Crippen LogP contribution in [-0.2, 0) is 11.3 Å². The molecule has 0 spiro atoms. The molecule has 0 aromatic heterocycles. The SMILES string of the molecule is CN(C)c1ccc(/C=C2\SC(=O)N(Cc3ccc(Cl)c(Cl)c3)C2=O)cc1. The Bertz CT molecular complexity index is 895. The van der Waals surface area contributed by atoms with Gasteiger partial charge >= 0.3 is 0 Å². The van der Waals surface area contributed by atoms with Crippen LogP contribution < -0.4 is 4.90 Å². The van der Waals surface area contributed by atoms with Crippen molar-refractivity contribution in [2.24, 2.45) is 0 Å². The first kappa shape index (κ1) is 18.8. The minimum Gasteiger partial charge on any atom is -0.378 e. The van der Waals surface area contributed by atoms with Gasteiger partial charge < -0.3 is 4.90 Å². The highest BCUT2D eigenvalue weighted by molar-refractivity contribution is 8.18. The highest BCUT2D eigenvalue weighted by atomic mass is 35.5. The first-order chi connectivity index (χ1) is 12.3. The van der Waals surface area contributed by atoms with Gasteiger partial charge in [-0.15, -0.1) is 0 Å². The van der Waals surface area contributed by atoms with Crippen molar-refractivity contribution < 1.29 is 9.59 Å². The molecule has 2 amide bonds. The van der Waals surface area contributed by atoms with Crippen molar-refractivity contribution in [3.05, 3.63) is 68.5 Å². The molecule has 26 heavy (non-hydrogen) atoms. The molecule has 0 saturated carbocycles. The summed E-state index contributed by atoms with van der Waals surface area (Å²) in [6.07, 6.45) is 1.74. The average molecular weight is 407 g/mol. The monoisotopic (exact) mass is 406 g/mol. The van der Waals surface area contributed by atoms with Gasteiger partial charge in [-0.2, -0.15) is 0 Å². The predicted octanol–water partition coefficient (Wildman–Crippen LogP) is 5.30. The van der Waals surface area contributed by atoms with E-state index in [-0.39, 0.29) is 17.7 Å². The highest BCUT2D eigenvalue weighted by Crippen LogP contribution is 2.34. The molecule has 4 nitrogen and oxygen atoms in total. The van der Waals surface area contributed by atoms with E-state index in [1.165, 1.54) is 4.90 Å². The number of amides is 2. The molecule has 1 aliphatic heterocycles. The highest BCUT2D eigenvalue weighted by Gasteiger charge is 2.35. The largest absolute Gasteiger partial charge is 0.378 e. The maximum atomic E-state index is 12.6. The summed E-state index contributed by atoms with van der Waals surface area (Å²) in [4.78, 5) is 28.5. The number of halogens is 2. The van der Waals surface area contributed by atoms with Crippen LogP contribution >= 0.6 is 35.0 Å². The van der Waals surface area contributed by atoms with Gasteiger partial charge in [0.25, 0.3) is 11.1 Å². The third-order valence-corrected chi connectivity index (χ3v) is 5.55. The zero-order valence-corrected chi connectivity index (χ0v) is 16.5. The summed E-state index contributed by atoms with van der Waals surface area (Å²) >= 11 is 12.8. The van der Waals surface area contributed by atoms with Crippen LogP contribution in [0.25, 0.3) is 6.08 Å². The molecule has 0 atom stereocenters. The quantitative estimate of drug-likeness (QED) is 0.646. The zero-order valence-electron chi connectivity index (χ0n) is 14.2. The number of benzene rings is 2. The number of carbonyl (C=O) groups is 2. The fourth-order valence-corrected chi connectivity index (χ4v) is 3.64. The number of imide groups is 1. The van der Waals surface area contributed by atoms with Crippen LogP contribution in [0.1, 0.15) is 11.1 Å². The first-order valence-electron chi connectivity index (χ1n) is 7.82. The minimum atomic E-state index is -0.303. The topological polar surface area (TPSA) is 40.6 Å². The molecule has 2 aromatic carbocycles. The van der Waals surface area contributed by atoms with Crippen molar-refractivity contribution in [1.82, 2.24) is 4.90 Å². The van der Waals surface area contributed by atoms with Gasteiger partial charge in [-0.1, -0.05) is 41.4 Å². The third kappa shape index (κ3) is 4.06. The van der Waals surface area contributed by atoms with Crippen LogP contribution in [0.15, 0.2) is 47.4 Å². The number of rotatable bonds is 4. The molecule has 0 radical (unpaired) electrons. The molecule has 0 bridgehead atoms. The number of hydrogen-bond acceptors (Lipinski definition) is 4. The lowest BCUT2D eigenvalue weighted by Gasteiger charge is -2.13. The van der Waals surface area contributed by atoms with E-state index in [0.717, 1.165) is 28.6 Å². The van der Waals surface area contributed by atoms with Gasteiger partial charge in [-0.05, 0) is 53.2 Å². The molecule has 1 fully saturated rings. The van der Waals surface area contributed by atoms with Crippen LogP contribution in [0.4, 0.5) is 10.5 Å².